The molecule has 2 aromatic carbocycles. The Morgan fingerprint density at radius 1 is 0.950 bits per heavy atom. The van der Waals surface area contributed by atoms with E-state index in [4.69, 9.17) is 0 Å². The van der Waals surface area contributed by atoms with Crippen molar-refractivity contribution in [2.45, 2.75) is 37.6 Å². The van der Waals surface area contributed by atoms with Crippen molar-refractivity contribution < 1.29 is 0 Å². The highest BCUT2D eigenvalue weighted by Crippen LogP contribution is 2.24. The van der Waals surface area contributed by atoms with Gasteiger partial charge in [-0.3, -0.25) is 0 Å². The standard InChI is InChI=1S/C18H23NS/c1-4-14-6-8-15(9-7-14)18(5-2)19-16-10-12-17(20-3)13-11-16/h6-13,18-19H,4-5H2,1-3H3. The monoisotopic (exact) mass is 285 g/mol. The Kier molecular flexibility index (Phi) is 5.54. The third-order valence-corrected chi connectivity index (χ3v) is 4.37. The topological polar surface area (TPSA) is 12.0 Å². The van der Waals surface area contributed by atoms with Gasteiger partial charge < -0.3 is 5.32 Å². The van der Waals surface area contributed by atoms with E-state index in [0.717, 1.165) is 12.8 Å². The van der Waals surface area contributed by atoms with Crippen LogP contribution in [-0.4, -0.2) is 6.26 Å². The van der Waals surface area contributed by atoms with Crippen LogP contribution >= 0.6 is 11.8 Å². The van der Waals surface area contributed by atoms with Crippen LogP contribution in [0.1, 0.15) is 37.4 Å². The van der Waals surface area contributed by atoms with Crippen LogP contribution in [0.2, 0.25) is 0 Å². The Bertz CT molecular complexity index is 516. The molecule has 0 aliphatic heterocycles. The van der Waals surface area contributed by atoms with Crippen molar-refractivity contribution in [1.29, 1.82) is 0 Å². The lowest BCUT2D eigenvalue weighted by Crippen LogP contribution is -2.09. The summed E-state index contributed by atoms with van der Waals surface area (Å²) in [6.45, 7) is 4.42. The molecule has 1 N–H and O–H groups in total. The van der Waals surface area contributed by atoms with Crippen molar-refractivity contribution >= 4 is 17.4 Å². The molecule has 0 aromatic heterocycles. The van der Waals surface area contributed by atoms with Crippen molar-refractivity contribution in [2.24, 2.45) is 0 Å². The van der Waals surface area contributed by atoms with Crippen molar-refractivity contribution in [3.63, 3.8) is 0 Å². The van der Waals surface area contributed by atoms with Gasteiger partial charge in [-0.15, -0.1) is 11.8 Å². The van der Waals surface area contributed by atoms with E-state index in [1.54, 1.807) is 11.8 Å². The smallest absolute Gasteiger partial charge is 0.0511 e. The average molecular weight is 285 g/mol. The maximum atomic E-state index is 3.62. The Balaban J connectivity index is 2.10. The minimum absolute atomic E-state index is 0.376. The first-order valence-corrected chi connectivity index (χ1v) is 8.48. The highest BCUT2D eigenvalue weighted by atomic mass is 32.2. The molecular weight excluding hydrogens is 262 g/mol. The summed E-state index contributed by atoms with van der Waals surface area (Å²) in [4.78, 5) is 1.30. The highest BCUT2D eigenvalue weighted by Gasteiger charge is 2.08. The van der Waals surface area contributed by atoms with Crippen LogP contribution in [0.3, 0.4) is 0 Å². The Hall–Kier alpha value is -1.41. The van der Waals surface area contributed by atoms with Crippen molar-refractivity contribution in [1.82, 2.24) is 0 Å². The summed E-state index contributed by atoms with van der Waals surface area (Å²) in [7, 11) is 0. The number of hydrogen-bond acceptors (Lipinski definition) is 2. The molecule has 1 nitrogen and oxygen atoms in total. The summed E-state index contributed by atoms with van der Waals surface area (Å²) in [5.41, 5.74) is 3.95. The molecule has 1 unspecified atom stereocenters. The minimum Gasteiger partial charge on any atom is -0.378 e. The summed E-state index contributed by atoms with van der Waals surface area (Å²) in [5.74, 6) is 0. The lowest BCUT2D eigenvalue weighted by molar-refractivity contribution is 0.748. The molecule has 2 rings (SSSR count). The molecule has 1 atom stereocenters. The second-order valence-electron chi connectivity index (χ2n) is 4.93. The minimum atomic E-state index is 0.376. The van der Waals surface area contributed by atoms with Gasteiger partial charge in [-0.05, 0) is 54.5 Å². The third-order valence-electron chi connectivity index (χ3n) is 3.63. The van der Waals surface area contributed by atoms with Gasteiger partial charge in [0.15, 0.2) is 0 Å². The van der Waals surface area contributed by atoms with Gasteiger partial charge >= 0.3 is 0 Å². The SMILES string of the molecule is CCc1ccc(C(CC)Nc2ccc(SC)cc2)cc1. The van der Waals surface area contributed by atoms with E-state index < -0.39 is 0 Å². The highest BCUT2D eigenvalue weighted by molar-refractivity contribution is 7.98. The molecule has 0 fully saturated rings. The number of anilines is 1. The molecule has 106 valence electrons. The average Bonchev–Trinajstić information content (AvgIpc) is 2.53. The zero-order valence-corrected chi connectivity index (χ0v) is 13.3. The van der Waals surface area contributed by atoms with E-state index in [1.165, 1.54) is 21.7 Å². The lowest BCUT2D eigenvalue weighted by Gasteiger charge is -2.19. The molecule has 2 aromatic rings. The molecular formula is C18H23NS. The number of rotatable bonds is 6. The molecule has 0 saturated carbocycles. The summed E-state index contributed by atoms with van der Waals surface area (Å²) < 4.78 is 0. The molecule has 2 heteroatoms. The van der Waals surface area contributed by atoms with E-state index in [1.807, 2.05) is 0 Å². The van der Waals surface area contributed by atoms with Gasteiger partial charge in [-0.2, -0.15) is 0 Å². The number of nitrogens with one attached hydrogen (secondary N) is 1. The van der Waals surface area contributed by atoms with Crippen molar-refractivity contribution in [3.05, 3.63) is 59.7 Å². The normalized spacial score (nSPS) is 12.2. The van der Waals surface area contributed by atoms with Gasteiger partial charge in [0.1, 0.15) is 0 Å². The summed E-state index contributed by atoms with van der Waals surface area (Å²) in [6.07, 6.45) is 4.28. The molecule has 0 radical (unpaired) electrons. The number of hydrogen-bond donors (Lipinski definition) is 1. The molecule has 0 aliphatic carbocycles. The quantitative estimate of drug-likeness (QED) is 0.700. The van der Waals surface area contributed by atoms with Gasteiger partial charge in [0.05, 0.1) is 6.04 Å². The Labute approximate surface area is 126 Å². The van der Waals surface area contributed by atoms with Crippen LogP contribution in [0.25, 0.3) is 0 Å². The van der Waals surface area contributed by atoms with Gasteiger partial charge in [-0.25, -0.2) is 0 Å². The first-order chi connectivity index (χ1) is 9.76. The molecule has 0 aliphatic rings. The molecule has 20 heavy (non-hydrogen) atoms. The van der Waals surface area contributed by atoms with Gasteiger partial charge in [0.25, 0.3) is 0 Å². The largest absolute Gasteiger partial charge is 0.378 e. The predicted molar refractivity (Wildman–Crippen MR) is 90.7 cm³/mol. The van der Waals surface area contributed by atoms with Gasteiger partial charge in [0, 0.05) is 10.6 Å². The second-order valence-corrected chi connectivity index (χ2v) is 5.81. The first-order valence-electron chi connectivity index (χ1n) is 7.26. The number of aryl methyl sites for hydroxylation is 1. The molecule has 0 heterocycles. The van der Waals surface area contributed by atoms with Crippen LogP contribution in [-0.2, 0) is 6.42 Å². The number of thioether (sulfide) groups is 1. The van der Waals surface area contributed by atoms with E-state index in [2.05, 4.69) is 74.0 Å². The molecule has 0 amide bonds. The van der Waals surface area contributed by atoms with Gasteiger partial charge in [-0.1, -0.05) is 38.1 Å². The lowest BCUT2D eigenvalue weighted by atomic mass is 10.0. The summed E-state index contributed by atoms with van der Waals surface area (Å²) in [6, 6.07) is 18.0. The zero-order chi connectivity index (χ0) is 14.4. The fraction of sp³-hybridized carbons (Fsp3) is 0.333. The Morgan fingerprint density at radius 3 is 2.10 bits per heavy atom. The predicted octanol–water partition coefficient (Wildman–Crippen LogP) is 5.53. The molecule has 0 spiro atoms. The zero-order valence-electron chi connectivity index (χ0n) is 12.5. The Morgan fingerprint density at radius 2 is 1.60 bits per heavy atom. The van der Waals surface area contributed by atoms with Crippen LogP contribution in [0.4, 0.5) is 5.69 Å². The fourth-order valence-corrected chi connectivity index (χ4v) is 2.70. The van der Waals surface area contributed by atoms with Gasteiger partial charge in [0.2, 0.25) is 0 Å². The van der Waals surface area contributed by atoms with Crippen LogP contribution in [0, 0.1) is 0 Å². The molecule has 0 bridgehead atoms. The first kappa shape index (κ1) is 15.0. The van der Waals surface area contributed by atoms with E-state index in [9.17, 15) is 0 Å². The fourth-order valence-electron chi connectivity index (χ4n) is 2.30. The van der Waals surface area contributed by atoms with Crippen LogP contribution < -0.4 is 5.32 Å². The third kappa shape index (κ3) is 3.80. The van der Waals surface area contributed by atoms with E-state index in [-0.39, 0.29) is 0 Å². The van der Waals surface area contributed by atoms with Crippen LogP contribution in [0.5, 0.6) is 0 Å². The second kappa shape index (κ2) is 7.39. The summed E-state index contributed by atoms with van der Waals surface area (Å²) >= 11 is 1.77. The van der Waals surface area contributed by atoms with Crippen LogP contribution in [0.15, 0.2) is 53.4 Å². The maximum absolute atomic E-state index is 3.62. The maximum Gasteiger partial charge on any atom is 0.0511 e. The van der Waals surface area contributed by atoms with E-state index in [0.29, 0.717) is 6.04 Å². The summed E-state index contributed by atoms with van der Waals surface area (Å²) in [5, 5.41) is 3.62. The van der Waals surface area contributed by atoms with E-state index >= 15 is 0 Å². The van der Waals surface area contributed by atoms with Crippen molar-refractivity contribution in [3.8, 4) is 0 Å². The number of benzene rings is 2. The van der Waals surface area contributed by atoms with Crippen molar-refractivity contribution in [2.75, 3.05) is 11.6 Å². The molecule has 0 saturated heterocycles.